The zero-order valence-electron chi connectivity index (χ0n) is 11.5. The molecule has 2 aromatic rings. The molecule has 0 saturated carbocycles. The van der Waals surface area contributed by atoms with Gasteiger partial charge < -0.3 is 9.84 Å². The Hall–Kier alpha value is -2.05. The van der Waals surface area contributed by atoms with Gasteiger partial charge in [0.2, 0.25) is 0 Å². The molecule has 0 bridgehead atoms. The molecule has 0 atom stereocenters. The molecule has 0 saturated heterocycles. The van der Waals surface area contributed by atoms with Crippen LogP contribution >= 0.6 is 11.8 Å². The summed E-state index contributed by atoms with van der Waals surface area (Å²) >= 11 is 1.35. The number of hydrogen-bond acceptors (Lipinski definition) is 5. The second kappa shape index (κ2) is 7.10. The standard InChI is InChI=1S/C15H15NO4S/c1-20-13-7-5-11(6-8-13)10-21-15-12(9-17)3-2-4-14(15)16(18)19/h2-8,17H,9-10H2,1H3. The molecule has 0 amide bonds. The topological polar surface area (TPSA) is 72.6 Å². The summed E-state index contributed by atoms with van der Waals surface area (Å²) in [6.45, 7) is -0.216. The lowest BCUT2D eigenvalue weighted by molar-refractivity contribution is -0.387. The maximum Gasteiger partial charge on any atom is 0.283 e. The van der Waals surface area contributed by atoms with Crippen molar-refractivity contribution in [1.29, 1.82) is 0 Å². The van der Waals surface area contributed by atoms with Gasteiger partial charge in [-0.2, -0.15) is 0 Å². The summed E-state index contributed by atoms with van der Waals surface area (Å²) in [7, 11) is 1.60. The molecular formula is C15H15NO4S. The fourth-order valence-electron chi connectivity index (χ4n) is 1.88. The number of hydrogen-bond donors (Lipinski definition) is 1. The van der Waals surface area contributed by atoms with Crippen LogP contribution in [0.15, 0.2) is 47.4 Å². The van der Waals surface area contributed by atoms with Crippen molar-refractivity contribution in [2.45, 2.75) is 17.3 Å². The van der Waals surface area contributed by atoms with Crippen LogP contribution in [-0.4, -0.2) is 17.1 Å². The molecule has 0 aromatic heterocycles. The van der Waals surface area contributed by atoms with E-state index in [2.05, 4.69) is 0 Å². The molecule has 0 fully saturated rings. The lowest BCUT2D eigenvalue weighted by atomic mass is 10.2. The van der Waals surface area contributed by atoms with Crippen molar-refractivity contribution in [1.82, 2.24) is 0 Å². The third-order valence-electron chi connectivity index (χ3n) is 2.99. The molecule has 0 radical (unpaired) electrons. The summed E-state index contributed by atoms with van der Waals surface area (Å²) in [6, 6.07) is 12.3. The predicted octanol–water partition coefficient (Wildman–Crippen LogP) is 3.39. The van der Waals surface area contributed by atoms with Crippen molar-refractivity contribution in [2.75, 3.05) is 7.11 Å². The van der Waals surface area contributed by atoms with E-state index in [1.54, 1.807) is 19.2 Å². The van der Waals surface area contributed by atoms with Crippen LogP contribution in [0.25, 0.3) is 0 Å². The maximum absolute atomic E-state index is 11.1. The lowest BCUT2D eigenvalue weighted by Crippen LogP contribution is -1.96. The van der Waals surface area contributed by atoms with Crippen LogP contribution in [0.4, 0.5) is 5.69 Å². The summed E-state index contributed by atoms with van der Waals surface area (Å²) in [5, 5.41) is 20.4. The highest BCUT2D eigenvalue weighted by molar-refractivity contribution is 7.98. The van der Waals surface area contributed by atoms with E-state index in [4.69, 9.17) is 4.74 Å². The van der Waals surface area contributed by atoms with E-state index in [1.807, 2.05) is 24.3 Å². The van der Waals surface area contributed by atoms with Crippen LogP contribution < -0.4 is 4.74 Å². The fraction of sp³-hybridized carbons (Fsp3) is 0.200. The van der Waals surface area contributed by atoms with Gasteiger partial charge in [0, 0.05) is 11.8 Å². The van der Waals surface area contributed by atoms with Gasteiger partial charge in [0.15, 0.2) is 0 Å². The molecule has 110 valence electrons. The van der Waals surface area contributed by atoms with Crippen LogP contribution in [0.3, 0.4) is 0 Å². The van der Waals surface area contributed by atoms with Gasteiger partial charge in [0.25, 0.3) is 5.69 Å². The molecule has 0 aliphatic heterocycles. The quantitative estimate of drug-likeness (QED) is 0.503. The molecular weight excluding hydrogens is 290 g/mol. The first-order chi connectivity index (χ1) is 10.2. The largest absolute Gasteiger partial charge is 0.497 e. The molecule has 1 N–H and O–H groups in total. The Morgan fingerprint density at radius 2 is 1.95 bits per heavy atom. The number of nitrogens with zero attached hydrogens (tertiary/aromatic N) is 1. The molecule has 0 aliphatic carbocycles. The maximum atomic E-state index is 11.1. The molecule has 5 nitrogen and oxygen atoms in total. The predicted molar refractivity (Wildman–Crippen MR) is 81.6 cm³/mol. The van der Waals surface area contributed by atoms with Gasteiger partial charge in [-0.3, -0.25) is 10.1 Å². The van der Waals surface area contributed by atoms with E-state index in [9.17, 15) is 15.2 Å². The Labute approximate surface area is 126 Å². The molecule has 0 aliphatic rings. The number of methoxy groups -OCH3 is 1. The van der Waals surface area contributed by atoms with E-state index in [1.165, 1.54) is 17.8 Å². The van der Waals surface area contributed by atoms with Crippen molar-refractivity contribution in [3.05, 3.63) is 63.7 Å². The molecule has 21 heavy (non-hydrogen) atoms. The van der Waals surface area contributed by atoms with Gasteiger partial charge in [-0.25, -0.2) is 0 Å². The molecule has 0 unspecified atom stereocenters. The minimum atomic E-state index is -0.421. The van der Waals surface area contributed by atoms with Gasteiger partial charge in [-0.15, -0.1) is 11.8 Å². The Balaban J connectivity index is 2.20. The van der Waals surface area contributed by atoms with Crippen molar-refractivity contribution in [3.8, 4) is 5.75 Å². The monoisotopic (exact) mass is 305 g/mol. The van der Waals surface area contributed by atoms with E-state index >= 15 is 0 Å². The van der Waals surface area contributed by atoms with Gasteiger partial charge in [-0.1, -0.05) is 24.3 Å². The SMILES string of the molecule is COc1ccc(CSc2c(CO)cccc2[N+](=O)[O-])cc1. The third kappa shape index (κ3) is 3.74. The zero-order chi connectivity index (χ0) is 15.2. The van der Waals surface area contributed by atoms with Crippen molar-refractivity contribution in [3.63, 3.8) is 0 Å². The van der Waals surface area contributed by atoms with E-state index in [0.29, 0.717) is 16.2 Å². The Bertz CT molecular complexity index is 628. The summed E-state index contributed by atoms with van der Waals surface area (Å²) < 4.78 is 5.09. The second-order valence-electron chi connectivity index (χ2n) is 4.32. The van der Waals surface area contributed by atoms with Crippen molar-refractivity contribution >= 4 is 17.4 Å². The number of aliphatic hydroxyl groups excluding tert-OH is 1. The van der Waals surface area contributed by atoms with Crippen molar-refractivity contribution in [2.24, 2.45) is 0 Å². The van der Waals surface area contributed by atoms with Crippen molar-refractivity contribution < 1.29 is 14.8 Å². The lowest BCUT2D eigenvalue weighted by Gasteiger charge is -2.08. The molecule has 2 rings (SSSR count). The molecule has 0 spiro atoms. The number of thioether (sulfide) groups is 1. The van der Waals surface area contributed by atoms with Gasteiger partial charge >= 0.3 is 0 Å². The van der Waals surface area contributed by atoms with E-state index in [-0.39, 0.29) is 12.3 Å². The Kier molecular flexibility index (Phi) is 5.19. The number of benzene rings is 2. The smallest absolute Gasteiger partial charge is 0.283 e. The third-order valence-corrected chi connectivity index (χ3v) is 4.22. The normalized spacial score (nSPS) is 10.4. The number of aliphatic hydroxyl groups is 1. The second-order valence-corrected chi connectivity index (χ2v) is 5.30. The number of nitro groups is 1. The van der Waals surface area contributed by atoms with Gasteiger partial charge in [0.05, 0.1) is 23.5 Å². The van der Waals surface area contributed by atoms with Crippen LogP contribution in [-0.2, 0) is 12.4 Å². The highest BCUT2D eigenvalue weighted by atomic mass is 32.2. The summed E-state index contributed by atoms with van der Waals surface area (Å²) in [6.07, 6.45) is 0. The first kappa shape index (κ1) is 15.3. The molecule has 0 heterocycles. The highest BCUT2D eigenvalue weighted by Gasteiger charge is 2.17. The number of nitro benzene ring substituents is 1. The number of rotatable bonds is 6. The fourth-order valence-corrected chi connectivity index (χ4v) is 3.00. The minimum absolute atomic E-state index is 0.0278. The average molecular weight is 305 g/mol. The van der Waals surface area contributed by atoms with Crippen LogP contribution in [0, 0.1) is 10.1 Å². The Morgan fingerprint density at radius 3 is 2.52 bits per heavy atom. The minimum Gasteiger partial charge on any atom is -0.497 e. The van der Waals surface area contributed by atoms with Gasteiger partial charge in [0.1, 0.15) is 5.75 Å². The van der Waals surface area contributed by atoms with Crippen LogP contribution in [0.2, 0.25) is 0 Å². The first-order valence-corrected chi connectivity index (χ1v) is 7.27. The molecule has 6 heteroatoms. The zero-order valence-corrected chi connectivity index (χ0v) is 12.3. The van der Waals surface area contributed by atoms with E-state index < -0.39 is 4.92 Å². The highest BCUT2D eigenvalue weighted by Crippen LogP contribution is 2.34. The average Bonchev–Trinajstić information content (AvgIpc) is 2.52. The molecule has 2 aromatic carbocycles. The first-order valence-electron chi connectivity index (χ1n) is 6.28. The Morgan fingerprint density at radius 1 is 1.24 bits per heavy atom. The number of ether oxygens (including phenoxy) is 1. The van der Waals surface area contributed by atoms with Crippen LogP contribution in [0.1, 0.15) is 11.1 Å². The summed E-state index contributed by atoms with van der Waals surface area (Å²) in [5.74, 6) is 1.35. The summed E-state index contributed by atoms with van der Waals surface area (Å²) in [4.78, 5) is 11.2. The van der Waals surface area contributed by atoms with Gasteiger partial charge in [-0.05, 0) is 23.3 Å². The van der Waals surface area contributed by atoms with Crippen LogP contribution in [0.5, 0.6) is 5.75 Å². The van der Waals surface area contributed by atoms with E-state index in [0.717, 1.165) is 11.3 Å². The summed E-state index contributed by atoms with van der Waals surface area (Å²) in [5.41, 5.74) is 1.63.